The molecule has 1 aliphatic carbocycles. The van der Waals surface area contributed by atoms with Gasteiger partial charge < -0.3 is 0 Å². The molecule has 0 spiro atoms. The zero-order valence-electron chi connectivity index (χ0n) is 21.1. The van der Waals surface area contributed by atoms with Crippen molar-refractivity contribution < 1.29 is 0 Å². The van der Waals surface area contributed by atoms with Crippen LogP contribution in [0.25, 0.3) is 82.5 Å². The van der Waals surface area contributed by atoms with Gasteiger partial charge in [0.25, 0.3) is 0 Å². The molecule has 0 aliphatic heterocycles. The Hall–Kier alpha value is -5.21. The Bertz CT molecular complexity index is 2240. The monoisotopic (exact) mass is 494 g/mol. The quantitative estimate of drug-likeness (QED) is 0.234. The molecule has 0 saturated heterocycles. The lowest BCUT2D eigenvalue weighted by Crippen LogP contribution is -1.95. The summed E-state index contributed by atoms with van der Waals surface area (Å²) >= 11 is 0. The van der Waals surface area contributed by atoms with E-state index in [4.69, 9.17) is 4.98 Å². The number of benzene rings is 6. The van der Waals surface area contributed by atoms with Crippen LogP contribution in [0.1, 0.15) is 0 Å². The zero-order chi connectivity index (χ0) is 25.5. The largest absolute Gasteiger partial charge is 0.294 e. The highest BCUT2D eigenvalue weighted by molar-refractivity contribution is 6.22. The number of hydrogen-bond acceptors (Lipinski definition) is 1. The summed E-state index contributed by atoms with van der Waals surface area (Å²) < 4.78 is 2.30. The second-order valence-electron chi connectivity index (χ2n) is 10.4. The number of para-hydroxylation sites is 1. The minimum Gasteiger partial charge on any atom is -0.294 e. The maximum absolute atomic E-state index is 4.99. The fraction of sp³-hybridized carbons (Fsp3) is 0. The predicted octanol–water partition coefficient (Wildman–Crippen LogP) is 9.80. The van der Waals surface area contributed by atoms with E-state index in [-0.39, 0.29) is 0 Å². The van der Waals surface area contributed by atoms with E-state index in [1.807, 2.05) is 6.20 Å². The van der Waals surface area contributed by atoms with Gasteiger partial charge in [-0.3, -0.25) is 4.57 Å². The average Bonchev–Trinajstić information content (AvgIpc) is 3.52. The van der Waals surface area contributed by atoms with Crippen molar-refractivity contribution in [3.63, 3.8) is 0 Å². The Kier molecular flexibility index (Phi) is 4.08. The van der Waals surface area contributed by atoms with Crippen molar-refractivity contribution in [2.45, 2.75) is 0 Å². The Morgan fingerprint density at radius 1 is 0.462 bits per heavy atom. The molecule has 0 N–H and O–H groups in total. The summed E-state index contributed by atoms with van der Waals surface area (Å²) in [4.78, 5) is 4.99. The second kappa shape index (κ2) is 7.66. The van der Waals surface area contributed by atoms with Crippen molar-refractivity contribution in [1.29, 1.82) is 0 Å². The summed E-state index contributed by atoms with van der Waals surface area (Å²) in [5, 5.41) is 7.47. The van der Waals surface area contributed by atoms with Gasteiger partial charge in [0.05, 0.1) is 5.52 Å². The van der Waals surface area contributed by atoms with Crippen LogP contribution in [0, 0.1) is 0 Å². The SMILES string of the molecule is c1ccc(-n2c3ccc(-c4ccc5c6c(cccc46)-c4ccccc4-5)cc3c3c4ccccc4cnc32)cc1. The number of pyridine rings is 1. The summed E-state index contributed by atoms with van der Waals surface area (Å²) in [6.07, 6.45) is 2.00. The van der Waals surface area contributed by atoms with Crippen LogP contribution in [0.15, 0.2) is 134 Å². The van der Waals surface area contributed by atoms with Crippen LogP contribution in [-0.2, 0) is 0 Å². The van der Waals surface area contributed by atoms with Gasteiger partial charge >= 0.3 is 0 Å². The number of nitrogens with zero attached hydrogens (tertiary/aromatic N) is 2. The summed E-state index contributed by atoms with van der Waals surface area (Å²) in [5.41, 5.74) is 11.1. The van der Waals surface area contributed by atoms with Gasteiger partial charge in [-0.15, -0.1) is 0 Å². The molecular formula is C37H22N2. The number of fused-ring (bicyclic) bond motifs is 8. The minimum atomic E-state index is 0.989. The van der Waals surface area contributed by atoms with Crippen molar-refractivity contribution in [2.24, 2.45) is 0 Å². The van der Waals surface area contributed by atoms with Gasteiger partial charge in [-0.05, 0) is 73.8 Å². The summed E-state index contributed by atoms with van der Waals surface area (Å²) in [6.45, 7) is 0. The molecule has 0 radical (unpaired) electrons. The van der Waals surface area contributed by atoms with Gasteiger partial charge in [-0.25, -0.2) is 4.98 Å². The van der Waals surface area contributed by atoms with E-state index in [9.17, 15) is 0 Å². The molecule has 0 atom stereocenters. The number of hydrogen-bond donors (Lipinski definition) is 0. The molecule has 0 fully saturated rings. The average molecular weight is 495 g/mol. The van der Waals surface area contributed by atoms with Gasteiger partial charge in [0.2, 0.25) is 0 Å². The lowest BCUT2D eigenvalue weighted by molar-refractivity contribution is 1.14. The molecule has 9 rings (SSSR count). The first-order chi connectivity index (χ1) is 19.4. The van der Waals surface area contributed by atoms with Crippen LogP contribution in [0.2, 0.25) is 0 Å². The molecule has 0 bridgehead atoms. The van der Waals surface area contributed by atoms with Crippen LogP contribution in [0.3, 0.4) is 0 Å². The lowest BCUT2D eigenvalue weighted by Gasteiger charge is -2.11. The zero-order valence-corrected chi connectivity index (χ0v) is 21.1. The molecule has 2 heterocycles. The van der Waals surface area contributed by atoms with E-state index in [1.54, 1.807) is 0 Å². The van der Waals surface area contributed by atoms with Crippen molar-refractivity contribution in [3.8, 4) is 39.1 Å². The van der Waals surface area contributed by atoms with Crippen LogP contribution >= 0.6 is 0 Å². The van der Waals surface area contributed by atoms with Crippen molar-refractivity contribution in [3.05, 3.63) is 134 Å². The van der Waals surface area contributed by atoms with Gasteiger partial charge in [-0.1, -0.05) is 103 Å². The lowest BCUT2D eigenvalue weighted by atomic mass is 9.93. The topological polar surface area (TPSA) is 17.8 Å². The third-order valence-electron chi connectivity index (χ3n) is 8.37. The first kappa shape index (κ1) is 20.8. The van der Waals surface area contributed by atoms with Gasteiger partial charge in [0, 0.05) is 28.0 Å². The van der Waals surface area contributed by atoms with Gasteiger partial charge in [-0.2, -0.15) is 0 Å². The third kappa shape index (κ3) is 2.78. The summed E-state index contributed by atoms with van der Waals surface area (Å²) in [5.74, 6) is 0. The van der Waals surface area contributed by atoms with E-state index in [0.29, 0.717) is 0 Å². The van der Waals surface area contributed by atoms with E-state index in [0.717, 1.165) is 16.7 Å². The molecule has 39 heavy (non-hydrogen) atoms. The molecule has 0 amide bonds. The van der Waals surface area contributed by atoms with Crippen LogP contribution in [0.5, 0.6) is 0 Å². The van der Waals surface area contributed by atoms with E-state index in [2.05, 4.69) is 132 Å². The second-order valence-corrected chi connectivity index (χ2v) is 10.4. The predicted molar refractivity (Wildman–Crippen MR) is 163 cm³/mol. The maximum Gasteiger partial charge on any atom is 0.146 e. The molecule has 0 saturated carbocycles. The van der Waals surface area contributed by atoms with Crippen LogP contribution < -0.4 is 0 Å². The molecule has 2 aromatic heterocycles. The molecular weight excluding hydrogens is 472 g/mol. The maximum atomic E-state index is 4.99. The van der Waals surface area contributed by atoms with Crippen LogP contribution in [-0.4, -0.2) is 9.55 Å². The Morgan fingerprint density at radius 3 is 2.03 bits per heavy atom. The Balaban J connectivity index is 1.37. The molecule has 2 nitrogen and oxygen atoms in total. The van der Waals surface area contributed by atoms with Gasteiger partial charge in [0.1, 0.15) is 5.65 Å². The molecule has 180 valence electrons. The van der Waals surface area contributed by atoms with Gasteiger partial charge in [0.15, 0.2) is 0 Å². The molecule has 0 unspecified atom stereocenters. The molecule has 2 heteroatoms. The molecule has 6 aromatic carbocycles. The number of rotatable bonds is 2. The third-order valence-corrected chi connectivity index (χ3v) is 8.37. The van der Waals surface area contributed by atoms with Crippen molar-refractivity contribution in [2.75, 3.05) is 0 Å². The first-order valence-corrected chi connectivity index (χ1v) is 13.4. The van der Waals surface area contributed by atoms with Crippen molar-refractivity contribution in [1.82, 2.24) is 9.55 Å². The van der Waals surface area contributed by atoms with E-state index >= 15 is 0 Å². The van der Waals surface area contributed by atoms with E-state index in [1.165, 1.54) is 65.8 Å². The fourth-order valence-electron chi connectivity index (χ4n) is 6.70. The number of aromatic nitrogens is 2. The fourth-order valence-corrected chi connectivity index (χ4v) is 6.70. The summed E-state index contributed by atoms with van der Waals surface area (Å²) in [6, 6.07) is 46.2. The normalized spacial score (nSPS) is 12.1. The molecule has 1 aliphatic rings. The summed E-state index contributed by atoms with van der Waals surface area (Å²) in [7, 11) is 0. The Morgan fingerprint density at radius 2 is 1.15 bits per heavy atom. The first-order valence-electron chi connectivity index (χ1n) is 13.4. The smallest absolute Gasteiger partial charge is 0.146 e. The van der Waals surface area contributed by atoms with Crippen LogP contribution in [0.4, 0.5) is 0 Å². The van der Waals surface area contributed by atoms with E-state index < -0.39 is 0 Å². The highest BCUT2D eigenvalue weighted by atomic mass is 15.0. The standard InChI is InChI=1S/C37H22N2/c1-2-10-25(11-3-1)39-34-20-17-23(21-33(34)36-27-12-5-4-9-24(27)22-38-37(36)39)26-18-19-32-29-14-7-6-13-28(29)31-16-8-15-30(26)35(31)32/h1-22H. The highest BCUT2D eigenvalue weighted by Crippen LogP contribution is 2.49. The van der Waals surface area contributed by atoms with Crippen molar-refractivity contribution >= 4 is 43.5 Å². The Labute approximate surface area is 225 Å². The molecule has 8 aromatic rings. The highest BCUT2D eigenvalue weighted by Gasteiger charge is 2.23. The minimum absolute atomic E-state index is 0.989.